The molecule has 0 radical (unpaired) electrons. The van der Waals surface area contributed by atoms with Crippen LogP contribution in [0.15, 0.2) is 53.5 Å². The van der Waals surface area contributed by atoms with E-state index in [1.165, 1.54) is 11.1 Å². The summed E-state index contributed by atoms with van der Waals surface area (Å²) >= 11 is 0. The van der Waals surface area contributed by atoms with Gasteiger partial charge in [-0.1, -0.05) is 32.9 Å². The average molecular weight is 499 g/mol. The Hall–Kier alpha value is -3.45. The summed E-state index contributed by atoms with van der Waals surface area (Å²) in [5.41, 5.74) is 5.69. The monoisotopic (exact) mass is 498 g/mol. The van der Waals surface area contributed by atoms with Gasteiger partial charge >= 0.3 is 0 Å². The molecule has 0 saturated heterocycles. The number of nitrogens with zero attached hydrogens (tertiary/aromatic N) is 4. The number of hydrogen-bond acceptors (Lipinski definition) is 5. The molecule has 5 rings (SSSR count). The molecule has 0 unspecified atom stereocenters. The molecule has 0 aliphatic heterocycles. The zero-order valence-corrected chi connectivity index (χ0v) is 22.6. The van der Waals surface area contributed by atoms with Crippen LogP contribution < -0.4 is 16.2 Å². The van der Waals surface area contributed by atoms with Crippen LogP contribution in [0, 0.1) is 0 Å². The molecule has 1 saturated carbocycles. The Morgan fingerprint density at radius 3 is 2.59 bits per heavy atom. The average Bonchev–Trinajstić information content (AvgIpc) is 3.58. The SMILES string of the molecule is CCNCCc1cc(Nc2cc3c(cn2)c(=O)n(C(C)C)n3-c2cccc(C3(C)CC3)n2)ccc1CC. The zero-order chi connectivity index (χ0) is 26.2. The molecule has 1 aromatic carbocycles. The fourth-order valence-corrected chi connectivity index (χ4v) is 5.03. The van der Waals surface area contributed by atoms with Gasteiger partial charge in [0, 0.05) is 35.1 Å². The Morgan fingerprint density at radius 2 is 1.89 bits per heavy atom. The van der Waals surface area contributed by atoms with Gasteiger partial charge in [0.25, 0.3) is 5.56 Å². The van der Waals surface area contributed by atoms with Gasteiger partial charge in [-0.2, -0.15) is 0 Å². The lowest BCUT2D eigenvalue weighted by Crippen LogP contribution is -2.25. The standard InChI is InChI=1S/C30H38N6O/c1-6-21-11-12-23(17-22(21)13-16-31-7-2)33-27-18-25-24(19-32-27)29(37)35(20(3)4)36(25)28-10-8-9-26(34-28)30(5)14-15-30/h8-12,17-20,31H,6-7,13-16H2,1-5H3,(H,32,33). The van der Waals surface area contributed by atoms with Gasteiger partial charge in [0.05, 0.1) is 10.9 Å². The number of benzene rings is 1. The van der Waals surface area contributed by atoms with Crippen molar-refractivity contribution in [3.63, 3.8) is 0 Å². The highest BCUT2D eigenvalue weighted by atomic mass is 16.1. The molecular formula is C30H38N6O. The number of likely N-dealkylation sites (N-methyl/N-ethyl adjacent to an activating group) is 1. The van der Waals surface area contributed by atoms with Gasteiger partial charge in [0.15, 0.2) is 5.82 Å². The number of hydrogen-bond donors (Lipinski definition) is 2. The van der Waals surface area contributed by atoms with Gasteiger partial charge in [0.1, 0.15) is 5.82 Å². The van der Waals surface area contributed by atoms with Crippen LogP contribution in [-0.2, 0) is 18.3 Å². The Balaban J connectivity index is 1.56. The van der Waals surface area contributed by atoms with E-state index in [0.29, 0.717) is 11.2 Å². The molecule has 1 aliphatic rings. The Kier molecular flexibility index (Phi) is 6.90. The first-order valence-electron chi connectivity index (χ1n) is 13.6. The molecule has 0 bridgehead atoms. The molecular weight excluding hydrogens is 460 g/mol. The smallest absolute Gasteiger partial charge is 0.276 e. The summed E-state index contributed by atoms with van der Waals surface area (Å²) in [5.74, 6) is 1.47. The van der Waals surface area contributed by atoms with Crippen LogP contribution in [-0.4, -0.2) is 32.4 Å². The number of fused-ring (bicyclic) bond motifs is 1. The molecule has 0 spiro atoms. The number of nitrogens with one attached hydrogen (secondary N) is 2. The summed E-state index contributed by atoms with van der Waals surface area (Å²) in [4.78, 5) is 23.1. The van der Waals surface area contributed by atoms with E-state index in [2.05, 4.69) is 60.7 Å². The van der Waals surface area contributed by atoms with Crippen LogP contribution in [0.4, 0.5) is 11.5 Å². The summed E-state index contributed by atoms with van der Waals surface area (Å²) in [6.07, 6.45) is 5.98. The van der Waals surface area contributed by atoms with Crippen molar-refractivity contribution in [1.82, 2.24) is 24.6 Å². The molecule has 0 amide bonds. The molecule has 7 heteroatoms. The van der Waals surface area contributed by atoms with Gasteiger partial charge in [-0.05, 0) is 88.0 Å². The van der Waals surface area contributed by atoms with E-state index in [0.717, 1.165) is 61.5 Å². The number of aromatic nitrogens is 4. The first kappa shape index (κ1) is 25.2. The summed E-state index contributed by atoms with van der Waals surface area (Å²) in [7, 11) is 0. The normalized spacial score (nSPS) is 14.4. The fraction of sp³-hybridized carbons (Fsp3) is 0.433. The maximum atomic E-state index is 13.4. The molecule has 194 valence electrons. The van der Waals surface area contributed by atoms with E-state index in [1.807, 2.05) is 36.7 Å². The van der Waals surface area contributed by atoms with Crippen LogP contribution in [0.3, 0.4) is 0 Å². The summed E-state index contributed by atoms with van der Waals surface area (Å²) in [6, 6.07) is 14.6. The van der Waals surface area contributed by atoms with Crippen LogP contribution in [0.5, 0.6) is 0 Å². The molecule has 1 fully saturated rings. The van der Waals surface area contributed by atoms with Crippen molar-refractivity contribution in [2.45, 2.75) is 71.8 Å². The summed E-state index contributed by atoms with van der Waals surface area (Å²) < 4.78 is 3.75. The molecule has 0 atom stereocenters. The van der Waals surface area contributed by atoms with E-state index in [9.17, 15) is 4.79 Å². The molecule has 1 aliphatic carbocycles. The van der Waals surface area contributed by atoms with Crippen molar-refractivity contribution in [3.05, 3.63) is 75.8 Å². The largest absolute Gasteiger partial charge is 0.340 e. The third-order valence-electron chi connectivity index (χ3n) is 7.50. The van der Waals surface area contributed by atoms with Gasteiger partial charge in [0.2, 0.25) is 0 Å². The third-order valence-corrected chi connectivity index (χ3v) is 7.50. The van der Waals surface area contributed by atoms with Gasteiger partial charge in [-0.15, -0.1) is 0 Å². The second-order valence-electron chi connectivity index (χ2n) is 10.6. The zero-order valence-electron chi connectivity index (χ0n) is 22.6. The van der Waals surface area contributed by atoms with Gasteiger partial charge < -0.3 is 10.6 Å². The minimum absolute atomic E-state index is 0.0286. The van der Waals surface area contributed by atoms with Gasteiger partial charge in [-0.25, -0.2) is 19.3 Å². The second kappa shape index (κ2) is 10.1. The van der Waals surface area contributed by atoms with Crippen molar-refractivity contribution in [2.75, 3.05) is 18.4 Å². The van der Waals surface area contributed by atoms with Crippen molar-refractivity contribution in [3.8, 4) is 5.82 Å². The maximum absolute atomic E-state index is 13.4. The number of pyridine rings is 2. The van der Waals surface area contributed by atoms with E-state index in [-0.39, 0.29) is 17.0 Å². The summed E-state index contributed by atoms with van der Waals surface area (Å²) in [6.45, 7) is 12.6. The number of anilines is 2. The van der Waals surface area contributed by atoms with Crippen LogP contribution in [0.1, 0.15) is 70.3 Å². The lowest BCUT2D eigenvalue weighted by atomic mass is 10.0. The molecule has 3 aromatic heterocycles. The lowest BCUT2D eigenvalue weighted by Gasteiger charge is -2.17. The quantitative estimate of drug-likeness (QED) is 0.275. The molecule has 4 aromatic rings. The van der Waals surface area contributed by atoms with Crippen molar-refractivity contribution >= 4 is 22.4 Å². The second-order valence-corrected chi connectivity index (χ2v) is 10.6. The van der Waals surface area contributed by atoms with E-state index >= 15 is 0 Å². The van der Waals surface area contributed by atoms with E-state index in [4.69, 9.17) is 4.98 Å². The minimum atomic E-state index is -0.0492. The minimum Gasteiger partial charge on any atom is -0.340 e. The summed E-state index contributed by atoms with van der Waals surface area (Å²) in [5, 5.41) is 7.50. The van der Waals surface area contributed by atoms with E-state index in [1.54, 1.807) is 10.9 Å². The Bertz CT molecular complexity index is 1480. The van der Waals surface area contributed by atoms with Crippen LogP contribution in [0.2, 0.25) is 0 Å². The highest BCUT2D eigenvalue weighted by molar-refractivity contribution is 5.82. The first-order valence-corrected chi connectivity index (χ1v) is 13.6. The van der Waals surface area contributed by atoms with Crippen LogP contribution in [0.25, 0.3) is 16.7 Å². The van der Waals surface area contributed by atoms with Crippen LogP contribution >= 0.6 is 0 Å². The maximum Gasteiger partial charge on any atom is 0.276 e. The number of rotatable bonds is 10. The van der Waals surface area contributed by atoms with E-state index < -0.39 is 0 Å². The highest BCUT2D eigenvalue weighted by Crippen LogP contribution is 2.46. The Morgan fingerprint density at radius 1 is 1.08 bits per heavy atom. The highest BCUT2D eigenvalue weighted by Gasteiger charge is 2.40. The van der Waals surface area contributed by atoms with Gasteiger partial charge in [-0.3, -0.25) is 4.79 Å². The third kappa shape index (κ3) is 4.92. The van der Waals surface area contributed by atoms with Crippen molar-refractivity contribution in [2.24, 2.45) is 0 Å². The topological polar surface area (TPSA) is 76.8 Å². The molecule has 37 heavy (non-hydrogen) atoms. The number of aryl methyl sites for hydroxylation is 1. The predicted octanol–water partition coefficient (Wildman–Crippen LogP) is 5.67. The molecule has 2 N–H and O–H groups in total. The predicted molar refractivity (Wildman–Crippen MR) is 151 cm³/mol. The van der Waals surface area contributed by atoms with Crippen molar-refractivity contribution < 1.29 is 0 Å². The fourth-order valence-electron chi connectivity index (χ4n) is 5.03. The molecule has 3 heterocycles. The molecule has 7 nitrogen and oxygen atoms in total. The lowest BCUT2D eigenvalue weighted by molar-refractivity contribution is 0.472. The van der Waals surface area contributed by atoms with Crippen molar-refractivity contribution in [1.29, 1.82) is 0 Å². The Labute approximate surface area is 218 Å². The first-order chi connectivity index (χ1) is 17.8.